The largest absolute Gasteiger partial charge is 0.379 e. The molecule has 0 aliphatic rings. The van der Waals surface area contributed by atoms with Gasteiger partial charge < -0.3 is 9.47 Å². The fourth-order valence-corrected chi connectivity index (χ4v) is 3.58. The van der Waals surface area contributed by atoms with Gasteiger partial charge in [-0.15, -0.1) is 0 Å². The van der Waals surface area contributed by atoms with Gasteiger partial charge in [-0.05, 0) is 19.3 Å². The molecule has 2 nitrogen and oxygen atoms in total. The smallest absolute Gasteiger partial charge is 0.0808 e. The number of ether oxygens (including phenoxy) is 2. The van der Waals surface area contributed by atoms with E-state index in [1.807, 2.05) is 0 Å². The van der Waals surface area contributed by atoms with E-state index in [-0.39, 0.29) is 0 Å². The van der Waals surface area contributed by atoms with Gasteiger partial charge in [0.05, 0.1) is 12.7 Å². The first-order chi connectivity index (χ1) is 13.3. The quantitative estimate of drug-likeness (QED) is 0.164. The molecule has 164 valence electrons. The molecular weight excluding hydrogens is 332 g/mol. The maximum Gasteiger partial charge on any atom is 0.0808 e. The maximum absolute atomic E-state index is 6.09. The van der Waals surface area contributed by atoms with Crippen molar-refractivity contribution in [2.24, 2.45) is 0 Å². The highest BCUT2D eigenvalue weighted by atomic mass is 16.5. The van der Waals surface area contributed by atoms with Gasteiger partial charge >= 0.3 is 0 Å². The summed E-state index contributed by atoms with van der Waals surface area (Å²) in [6.45, 7) is 9.43. The Morgan fingerprint density at radius 2 is 0.926 bits per heavy atom. The Labute approximate surface area is 172 Å². The van der Waals surface area contributed by atoms with Gasteiger partial charge in [0.25, 0.3) is 0 Å². The highest BCUT2D eigenvalue weighted by Gasteiger charge is 2.08. The Bertz CT molecular complexity index is 255. The molecule has 0 N–H and O–H groups in total. The van der Waals surface area contributed by atoms with E-state index in [0.717, 1.165) is 26.2 Å². The Morgan fingerprint density at radius 3 is 1.41 bits per heavy atom. The summed E-state index contributed by atoms with van der Waals surface area (Å²) in [5.41, 5.74) is 0. The summed E-state index contributed by atoms with van der Waals surface area (Å²) in [6.07, 6.45) is 24.4. The second-order valence-corrected chi connectivity index (χ2v) is 8.31. The maximum atomic E-state index is 6.09. The predicted molar refractivity (Wildman–Crippen MR) is 121 cm³/mol. The minimum atomic E-state index is 0.314. The van der Waals surface area contributed by atoms with Crippen LogP contribution >= 0.6 is 0 Å². The van der Waals surface area contributed by atoms with Gasteiger partial charge in [-0.1, -0.05) is 117 Å². The molecule has 0 bridgehead atoms. The van der Waals surface area contributed by atoms with Gasteiger partial charge in [-0.3, -0.25) is 0 Å². The van der Waals surface area contributed by atoms with Gasteiger partial charge in [0.15, 0.2) is 0 Å². The Hall–Kier alpha value is -0.0800. The van der Waals surface area contributed by atoms with Gasteiger partial charge in [-0.25, -0.2) is 0 Å². The van der Waals surface area contributed by atoms with Crippen molar-refractivity contribution in [3.05, 3.63) is 0 Å². The Balaban J connectivity index is 3.41. The van der Waals surface area contributed by atoms with E-state index in [1.54, 1.807) is 0 Å². The summed E-state index contributed by atoms with van der Waals surface area (Å²) < 4.78 is 12.0. The summed E-state index contributed by atoms with van der Waals surface area (Å²) in [6, 6.07) is 0. The topological polar surface area (TPSA) is 18.5 Å². The normalized spacial score (nSPS) is 12.6. The molecule has 0 radical (unpaired) electrons. The number of hydrogen-bond acceptors (Lipinski definition) is 2. The van der Waals surface area contributed by atoms with Crippen molar-refractivity contribution in [3.63, 3.8) is 0 Å². The van der Waals surface area contributed by atoms with Crippen LogP contribution in [0.25, 0.3) is 0 Å². The molecule has 0 aliphatic carbocycles. The number of rotatable bonds is 23. The molecule has 0 aromatic rings. The molecule has 0 aromatic carbocycles. The van der Waals surface area contributed by atoms with Crippen LogP contribution in [-0.2, 0) is 9.47 Å². The third-order valence-electron chi connectivity index (χ3n) is 5.41. The fraction of sp³-hybridized carbons (Fsp3) is 1.00. The van der Waals surface area contributed by atoms with Crippen molar-refractivity contribution in [1.29, 1.82) is 0 Å². The van der Waals surface area contributed by atoms with E-state index in [2.05, 4.69) is 20.8 Å². The molecule has 0 saturated carbocycles. The molecule has 0 aromatic heterocycles. The monoisotopic (exact) mass is 384 g/mol. The lowest BCUT2D eigenvalue weighted by Gasteiger charge is -2.17. The molecule has 2 heteroatoms. The Kier molecular flexibility index (Phi) is 23.9. The second-order valence-electron chi connectivity index (χ2n) is 8.31. The summed E-state index contributed by atoms with van der Waals surface area (Å²) in [7, 11) is 0. The van der Waals surface area contributed by atoms with E-state index in [0.29, 0.717) is 6.10 Å². The molecule has 27 heavy (non-hydrogen) atoms. The van der Waals surface area contributed by atoms with Crippen molar-refractivity contribution >= 4 is 0 Å². The molecule has 1 atom stereocenters. The van der Waals surface area contributed by atoms with Crippen LogP contribution in [0.15, 0.2) is 0 Å². The van der Waals surface area contributed by atoms with Gasteiger partial charge in [0.1, 0.15) is 0 Å². The predicted octanol–water partition coefficient (Wildman–Crippen LogP) is 8.47. The first-order valence-electron chi connectivity index (χ1n) is 12.5. The van der Waals surface area contributed by atoms with Crippen molar-refractivity contribution in [3.8, 4) is 0 Å². The van der Waals surface area contributed by atoms with E-state index in [1.165, 1.54) is 109 Å². The van der Waals surface area contributed by atoms with Gasteiger partial charge in [0.2, 0.25) is 0 Å². The van der Waals surface area contributed by atoms with Crippen LogP contribution in [0.1, 0.15) is 136 Å². The highest BCUT2D eigenvalue weighted by Crippen LogP contribution is 2.11. The molecule has 0 amide bonds. The molecule has 0 fully saturated rings. The van der Waals surface area contributed by atoms with Crippen LogP contribution in [0, 0.1) is 0 Å². The zero-order chi connectivity index (χ0) is 19.8. The summed E-state index contributed by atoms with van der Waals surface area (Å²) in [5, 5.41) is 0. The SMILES string of the molecule is CCCCCCCCCCOCC(CCC)OCCCCCCCCCC. The minimum Gasteiger partial charge on any atom is -0.379 e. The Morgan fingerprint density at radius 1 is 0.481 bits per heavy atom. The van der Waals surface area contributed by atoms with E-state index in [9.17, 15) is 0 Å². The van der Waals surface area contributed by atoms with Crippen LogP contribution in [0.5, 0.6) is 0 Å². The van der Waals surface area contributed by atoms with Crippen molar-refractivity contribution in [2.45, 2.75) is 142 Å². The lowest BCUT2D eigenvalue weighted by Crippen LogP contribution is -2.20. The second kappa shape index (κ2) is 24.0. The number of hydrogen-bond donors (Lipinski definition) is 0. The number of unbranched alkanes of at least 4 members (excludes halogenated alkanes) is 14. The van der Waals surface area contributed by atoms with Crippen LogP contribution in [0.4, 0.5) is 0 Å². The molecule has 0 aliphatic heterocycles. The van der Waals surface area contributed by atoms with Gasteiger partial charge in [0, 0.05) is 13.2 Å². The van der Waals surface area contributed by atoms with Crippen LogP contribution in [0.2, 0.25) is 0 Å². The van der Waals surface area contributed by atoms with Crippen molar-refractivity contribution in [1.82, 2.24) is 0 Å². The van der Waals surface area contributed by atoms with E-state index >= 15 is 0 Å². The molecule has 0 spiro atoms. The zero-order valence-electron chi connectivity index (χ0n) is 19.2. The lowest BCUT2D eigenvalue weighted by atomic mass is 10.1. The summed E-state index contributed by atoms with van der Waals surface area (Å²) in [5.74, 6) is 0. The molecule has 0 rings (SSSR count). The third-order valence-corrected chi connectivity index (χ3v) is 5.41. The van der Waals surface area contributed by atoms with E-state index in [4.69, 9.17) is 9.47 Å². The van der Waals surface area contributed by atoms with E-state index < -0.39 is 0 Å². The van der Waals surface area contributed by atoms with Crippen molar-refractivity contribution < 1.29 is 9.47 Å². The fourth-order valence-electron chi connectivity index (χ4n) is 3.58. The first kappa shape index (κ1) is 26.9. The average molecular weight is 385 g/mol. The summed E-state index contributed by atoms with van der Waals surface area (Å²) >= 11 is 0. The van der Waals surface area contributed by atoms with Crippen molar-refractivity contribution in [2.75, 3.05) is 19.8 Å². The van der Waals surface area contributed by atoms with Crippen LogP contribution in [0.3, 0.4) is 0 Å². The zero-order valence-corrected chi connectivity index (χ0v) is 19.2. The first-order valence-corrected chi connectivity index (χ1v) is 12.5. The molecule has 0 heterocycles. The molecular formula is C25H52O2. The lowest BCUT2D eigenvalue weighted by molar-refractivity contribution is -0.0226. The van der Waals surface area contributed by atoms with Crippen LogP contribution in [-0.4, -0.2) is 25.9 Å². The average Bonchev–Trinajstić information content (AvgIpc) is 2.68. The highest BCUT2D eigenvalue weighted by molar-refractivity contribution is 4.57. The molecule has 0 saturated heterocycles. The summed E-state index contributed by atoms with van der Waals surface area (Å²) in [4.78, 5) is 0. The third kappa shape index (κ3) is 22.1. The van der Waals surface area contributed by atoms with Gasteiger partial charge in [-0.2, -0.15) is 0 Å². The minimum absolute atomic E-state index is 0.314. The standard InChI is InChI=1S/C25H52O2/c1-4-7-9-11-13-15-17-19-22-26-24-25(21-6-3)27-23-20-18-16-14-12-10-8-5-2/h25H,4-24H2,1-3H3. The molecule has 1 unspecified atom stereocenters. The van der Waals surface area contributed by atoms with Crippen LogP contribution < -0.4 is 0 Å².